The number of fused-ring (bicyclic) bond motifs is 2. The Morgan fingerprint density at radius 2 is 1.84 bits per heavy atom. The molecule has 4 heterocycles. The predicted octanol–water partition coefficient (Wildman–Crippen LogP) is 4.11. The lowest BCUT2D eigenvalue weighted by Crippen LogP contribution is -2.64. The van der Waals surface area contributed by atoms with Crippen molar-refractivity contribution in [3.05, 3.63) is 59.8 Å². The Bertz CT molecular complexity index is 1010. The van der Waals surface area contributed by atoms with Gasteiger partial charge in [-0.1, -0.05) is 30.3 Å². The smallest absolute Gasteiger partial charge is 0.417 e. The number of benzene rings is 1. The van der Waals surface area contributed by atoms with Crippen LogP contribution in [0.4, 0.5) is 23.8 Å². The van der Waals surface area contributed by atoms with E-state index in [2.05, 4.69) is 4.98 Å². The maximum absolute atomic E-state index is 12.8. The van der Waals surface area contributed by atoms with Gasteiger partial charge in [-0.25, -0.2) is 9.78 Å². The summed E-state index contributed by atoms with van der Waals surface area (Å²) >= 11 is 0. The second-order valence-electron chi connectivity index (χ2n) is 8.87. The van der Waals surface area contributed by atoms with Crippen molar-refractivity contribution in [2.45, 2.75) is 25.6 Å². The first-order valence-electron chi connectivity index (χ1n) is 10.6. The van der Waals surface area contributed by atoms with Crippen LogP contribution in [0.1, 0.15) is 24.0 Å². The number of ether oxygens (including phenoxy) is 1. The zero-order valence-corrected chi connectivity index (χ0v) is 17.2. The minimum absolute atomic E-state index is 0.132. The Labute approximate surface area is 183 Å². The van der Waals surface area contributed by atoms with E-state index in [0.717, 1.165) is 24.2 Å². The lowest BCUT2D eigenvalue weighted by atomic mass is 9.50. The van der Waals surface area contributed by atoms with E-state index in [1.807, 2.05) is 30.3 Å². The van der Waals surface area contributed by atoms with Gasteiger partial charge in [0.25, 0.3) is 0 Å². The number of pyridine rings is 1. The molecule has 2 bridgehead atoms. The summed E-state index contributed by atoms with van der Waals surface area (Å²) in [6, 6.07) is 11.7. The molecule has 1 spiro atoms. The van der Waals surface area contributed by atoms with Crippen LogP contribution < -0.4 is 4.90 Å². The van der Waals surface area contributed by atoms with Crippen molar-refractivity contribution >= 4 is 17.8 Å². The number of halogens is 3. The van der Waals surface area contributed by atoms with Crippen molar-refractivity contribution in [1.29, 1.82) is 0 Å². The van der Waals surface area contributed by atoms with Crippen molar-refractivity contribution in [2.75, 3.05) is 24.5 Å². The molecule has 1 aliphatic carbocycles. The first-order valence-corrected chi connectivity index (χ1v) is 10.6. The molecule has 3 aliphatic heterocycles. The molecule has 1 aromatic heterocycles. The summed E-state index contributed by atoms with van der Waals surface area (Å²) in [6.45, 7) is 1.67. The van der Waals surface area contributed by atoms with Gasteiger partial charge in [0.15, 0.2) is 0 Å². The standard InChI is InChI=1S/C23H22F3N3O3/c24-23(25,26)16-6-7-19(27-10-16)29-14-22(9-20(29)30)17-8-18(22)12-28(11-17)21(31)32-13-15-4-2-1-3-5-15/h1-7,10,17-18H,8-9,11-14H2. The monoisotopic (exact) mass is 445 g/mol. The van der Waals surface area contributed by atoms with Crippen LogP contribution in [-0.2, 0) is 22.3 Å². The number of nitrogens with zero attached hydrogens (tertiary/aromatic N) is 3. The zero-order chi connectivity index (χ0) is 22.5. The minimum atomic E-state index is -4.47. The predicted molar refractivity (Wildman–Crippen MR) is 108 cm³/mol. The Balaban J connectivity index is 1.22. The Hall–Kier alpha value is -3.10. The summed E-state index contributed by atoms with van der Waals surface area (Å²) in [4.78, 5) is 32.3. The fourth-order valence-electron chi connectivity index (χ4n) is 5.35. The van der Waals surface area contributed by atoms with Gasteiger partial charge in [-0.3, -0.25) is 9.69 Å². The molecule has 9 heteroatoms. The Morgan fingerprint density at radius 1 is 1.12 bits per heavy atom. The van der Waals surface area contributed by atoms with E-state index in [1.165, 1.54) is 11.0 Å². The summed E-state index contributed by atoms with van der Waals surface area (Å²) in [5.74, 6) is 0.430. The highest BCUT2D eigenvalue weighted by Gasteiger charge is 2.63. The molecule has 2 aromatic rings. The van der Waals surface area contributed by atoms with E-state index in [0.29, 0.717) is 26.1 Å². The number of amides is 2. The number of alkyl halides is 3. The summed E-state index contributed by atoms with van der Waals surface area (Å²) < 4.78 is 43.9. The van der Waals surface area contributed by atoms with Gasteiger partial charge in [0.05, 0.1) is 5.56 Å². The van der Waals surface area contributed by atoms with Crippen molar-refractivity contribution in [3.8, 4) is 0 Å². The van der Waals surface area contributed by atoms with Crippen LogP contribution in [0.25, 0.3) is 0 Å². The van der Waals surface area contributed by atoms with Gasteiger partial charge in [0, 0.05) is 37.7 Å². The van der Waals surface area contributed by atoms with Gasteiger partial charge in [-0.15, -0.1) is 0 Å². The quantitative estimate of drug-likeness (QED) is 0.713. The summed E-state index contributed by atoms with van der Waals surface area (Å²) in [5.41, 5.74) is -0.175. The first-order chi connectivity index (χ1) is 15.3. The summed E-state index contributed by atoms with van der Waals surface area (Å²) in [7, 11) is 0. The molecular weight excluding hydrogens is 423 g/mol. The fraction of sp³-hybridized carbons (Fsp3) is 0.435. The van der Waals surface area contributed by atoms with Crippen molar-refractivity contribution in [3.63, 3.8) is 0 Å². The molecule has 32 heavy (non-hydrogen) atoms. The highest BCUT2D eigenvalue weighted by atomic mass is 19.4. The molecule has 6 nitrogen and oxygen atoms in total. The largest absolute Gasteiger partial charge is 0.445 e. The maximum atomic E-state index is 12.8. The van der Waals surface area contributed by atoms with Crippen LogP contribution in [0.2, 0.25) is 0 Å². The Morgan fingerprint density at radius 3 is 2.47 bits per heavy atom. The normalized spacial score (nSPS) is 26.9. The summed E-state index contributed by atoms with van der Waals surface area (Å²) in [5, 5.41) is 0. The highest BCUT2D eigenvalue weighted by Crippen LogP contribution is 2.60. The number of anilines is 1. The molecule has 4 aliphatic rings. The van der Waals surface area contributed by atoms with Crippen molar-refractivity contribution in [2.24, 2.45) is 17.3 Å². The SMILES string of the molecule is O=C(OCc1ccccc1)N1CC2CC(C1)C21CC(=O)N(c2ccc(C(F)(F)F)cn2)C1. The lowest BCUT2D eigenvalue weighted by molar-refractivity contribution is -0.137. The third-order valence-corrected chi connectivity index (χ3v) is 7.13. The molecule has 2 amide bonds. The van der Waals surface area contributed by atoms with E-state index in [4.69, 9.17) is 4.74 Å². The average Bonchev–Trinajstić information content (AvgIpc) is 3.17. The van der Waals surface area contributed by atoms with E-state index in [9.17, 15) is 22.8 Å². The molecule has 168 valence electrons. The fourth-order valence-corrected chi connectivity index (χ4v) is 5.35. The van der Waals surface area contributed by atoms with Crippen molar-refractivity contribution in [1.82, 2.24) is 9.88 Å². The summed E-state index contributed by atoms with van der Waals surface area (Å²) in [6.07, 6.45) is -2.79. The number of aromatic nitrogens is 1. The van der Waals surface area contributed by atoms with Crippen LogP contribution in [0, 0.1) is 17.3 Å². The zero-order valence-electron chi connectivity index (χ0n) is 17.2. The molecule has 0 radical (unpaired) electrons. The third-order valence-electron chi connectivity index (χ3n) is 7.13. The molecule has 2 atom stereocenters. The van der Waals surface area contributed by atoms with Crippen LogP contribution in [0.15, 0.2) is 48.7 Å². The molecule has 6 rings (SSSR count). The van der Waals surface area contributed by atoms with Gasteiger partial charge in [-0.2, -0.15) is 13.2 Å². The van der Waals surface area contributed by atoms with Gasteiger partial charge < -0.3 is 9.64 Å². The van der Waals surface area contributed by atoms with Gasteiger partial charge >= 0.3 is 12.3 Å². The number of hydrogen-bond donors (Lipinski definition) is 0. The number of piperidine rings is 2. The number of rotatable bonds is 3. The first kappa shape index (κ1) is 20.8. The minimum Gasteiger partial charge on any atom is -0.445 e. The number of carbonyl (C=O) groups excluding carboxylic acids is 2. The second kappa shape index (κ2) is 7.50. The van der Waals surface area contributed by atoms with Gasteiger partial charge in [-0.05, 0) is 36.0 Å². The van der Waals surface area contributed by atoms with Gasteiger partial charge in [0.1, 0.15) is 12.4 Å². The molecule has 1 aromatic carbocycles. The average molecular weight is 445 g/mol. The number of carbonyl (C=O) groups is 2. The lowest BCUT2D eigenvalue weighted by Gasteiger charge is -2.60. The number of hydrogen-bond acceptors (Lipinski definition) is 4. The molecular formula is C23H22F3N3O3. The molecule has 1 saturated carbocycles. The van der Waals surface area contributed by atoms with E-state index in [1.54, 1.807) is 4.90 Å². The van der Waals surface area contributed by atoms with Crippen LogP contribution in [-0.4, -0.2) is 41.5 Å². The van der Waals surface area contributed by atoms with E-state index < -0.39 is 11.7 Å². The molecule has 4 fully saturated rings. The Kier molecular flexibility index (Phi) is 4.87. The van der Waals surface area contributed by atoms with E-state index in [-0.39, 0.29) is 41.7 Å². The van der Waals surface area contributed by atoms with Crippen LogP contribution in [0.5, 0.6) is 0 Å². The highest BCUT2D eigenvalue weighted by molar-refractivity contribution is 5.95. The van der Waals surface area contributed by atoms with Crippen LogP contribution >= 0.6 is 0 Å². The molecule has 3 saturated heterocycles. The second-order valence-corrected chi connectivity index (χ2v) is 8.87. The molecule has 2 unspecified atom stereocenters. The maximum Gasteiger partial charge on any atom is 0.417 e. The van der Waals surface area contributed by atoms with Gasteiger partial charge in [0.2, 0.25) is 5.91 Å². The van der Waals surface area contributed by atoms with E-state index >= 15 is 0 Å². The topological polar surface area (TPSA) is 62.7 Å². The third kappa shape index (κ3) is 3.49. The van der Waals surface area contributed by atoms with Crippen LogP contribution in [0.3, 0.4) is 0 Å². The van der Waals surface area contributed by atoms with Crippen molar-refractivity contribution < 1.29 is 27.5 Å². The molecule has 0 N–H and O–H groups in total.